The van der Waals surface area contributed by atoms with Crippen molar-refractivity contribution < 1.29 is 9.59 Å². The molecular weight excluding hydrogens is 156 g/mol. The van der Waals surface area contributed by atoms with Gasteiger partial charge in [0.05, 0.1) is 0 Å². The molecule has 0 aromatic rings. The molecule has 1 amide bonds. The maximum atomic E-state index is 11.3. The predicted octanol–water partition coefficient (Wildman–Crippen LogP) is -0.692. The van der Waals surface area contributed by atoms with Crippen LogP contribution in [0, 0.1) is 0 Å². The lowest BCUT2D eigenvalue weighted by Crippen LogP contribution is -2.46. The average molecular weight is 169 g/mol. The second-order valence-corrected chi connectivity index (χ2v) is 2.78. The van der Waals surface area contributed by atoms with Crippen molar-refractivity contribution in [2.24, 2.45) is 0 Å². The van der Waals surface area contributed by atoms with Gasteiger partial charge < -0.3 is 10.2 Å². The maximum Gasteiger partial charge on any atom is 0.223 e. The molecule has 0 bridgehead atoms. The van der Waals surface area contributed by atoms with Gasteiger partial charge in [0.15, 0.2) is 6.29 Å². The van der Waals surface area contributed by atoms with Crippen LogP contribution in [0.15, 0.2) is 0 Å². The highest BCUT2D eigenvalue weighted by Gasteiger charge is 2.14. The van der Waals surface area contributed by atoms with Gasteiger partial charge in [0, 0.05) is 39.0 Å². The van der Waals surface area contributed by atoms with E-state index in [2.05, 4.69) is 5.32 Å². The first-order chi connectivity index (χ1) is 5.84. The number of amides is 1. The summed E-state index contributed by atoms with van der Waals surface area (Å²) in [7, 11) is 0. The summed E-state index contributed by atoms with van der Waals surface area (Å²) in [5.41, 5.74) is 0. The largest absolute Gasteiger partial charge is 0.340 e. The summed E-state index contributed by atoms with van der Waals surface area (Å²) < 4.78 is 0. The lowest BCUT2D eigenvalue weighted by atomic mass is 10.2. The van der Waals surface area contributed by atoms with Crippen LogP contribution in [-0.2, 0) is 9.59 Å². The van der Waals surface area contributed by atoms with Crippen molar-refractivity contribution in [3.63, 3.8) is 0 Å². The van der Waals surface area contributed by atoms with Gasteiger partial charge in [0.25, 0.3) is 0 Å². The van der Waals surface area contributed by atoms with E-state index in [0.717, 1.165) is 26.2 Å². The molecule has 12 heavy (non-hydrogen) atoms. The summed E-state index contributed by atoms with van der Waals surface area (Å²) in [6, 6.07) is 0. The fraction of sp³-hybridized carbons (Fsp3) is 0.750. The van der Waals surface area contributed by atoms with Gasteiger partial charge in [-0.15, -0.1) is 0 Å². The zero-order valence-corrected chi connectivity index (χ0v) is 7.01. The number of rotatable bonds is 3. The first kappa shape index (κ1) is 9.19. The van der Waals surface area contributed by atoms with Gasteiger partial charge in [-0.3, -0.25) is 9.59 Å². The number of nitrogens with one attached hydrogen (secondary N) is 1. The Balaban J connectivity index is 2.24. The molecule has 0 atom stereocenters. The molecule has 0 spiro atoms. The molecule has 0 aliphatic carbocycles. The van der Waals surface area contributed by atoms with Gasteiger partial charge in [-0.25, -0.2) is 0 Å². The van der Waals surface area contributed by atoms with E-state index < -0.39 is 0 Å². The predicted molar refractivity (Wildman–Crippen MR) is 44.4 cm³/mol. The van der Waals surface area contributed by atoms with E-state index in [1.807, 2.05) is 0 Å². The molecule has 1 N–H and O–H groups in total. The van der Waals surface area contributed by atoms with Crippen LogP contribution in [0.5, 0.6) is 0 Å². The molecule has 1 fully saturated rings. The molecule has 1 aliphatic rings. The van der Waals surface area contributed by atoms with Crippen LogP contribution in [0.4, 0.5) is 0 Å². The minimum Gasteiger partial charge on any atom is -0.340 e. The highest BCUT2D eigenvalue weighted by Crippen LogP contribution is 1.98. The third kappa shape index (κ3) is 2.62. The van der Waals surface area contributed by atoms with E-state index in [1.165, 1.54) is 0 Å². The Bertz CT molecular complexity index is 164. The Kier molecular flexibility index (Phi) is 3.73. The third-order valence-electron chi connectivity index (χ3n) is 1.91. The third-order valence-corrected chi connectivity index (χ3v) is 1.91. The first-order valence-corrected chi connectivity index (χ1v) is 4.18. The zero-order chi connectivity index (χ0) is 8.81. The molecule has 0 unspecified atom stereocenters. The minimum atomic E-state index is 0.0693. The molecule has 4 nitrogen and oxygen atoms in total. The van der Waals surface area contributed by atoms with E-state index in [-0.39, 0.29) is 12.3 Å². The summed E-state index contributed by atoms with van der Waals surface area (Å²) in [6.07, 6.45) is 2.26. The van der Waals surface area contributed by atoms with Crippen LogP contribution in [0.3, 0.4) is 0 Å². The zero-order valence-electron chi connectivity index (χ0n) is 7.01. The summed E-state index contributed by atoms with van der Waals surface area (Å²) in [5, 5.41) is 3.15. The Hall–Kier alpha value is -0.900. The Labute approximate surface area is 71.9 Å². The summed E-state index contributed by atoms with van der Waals surface area (Å²) in [4.78, 5) is 22.9. The van der Waals surface area contributed by atoms with Crippen LogP contribution in [0.1, 0.15) is 12.8 Å². The highest BCUT2D eigenvalue weighted by atomic mass is 16.2. The van der Waals surface area contributed by atoms with Crippen LogP contribution in [0.2, 0.25) is 0 Å². The van der Waals surface area contributed by atoms with Gasteiger partial charge in [0.2, 0.25) is 5.91 Å². The molecule has 1 saturated heterocycles. The maximum absolute atomic E-state index is 11.3. The van der Waals surface area contributed by atoms with Crippen LogP contribution in [-0.4, -0.2) is 43.3 Å². The van der Waals surface area contributed by atoms with Crippen LogP contribution >= 0.6 is 0 Å². The standard InChI is InChI=1S/C8H13N2O2/c11-7-1-2-8(12)10-5-3-9-4-6-10/h9H,1-6H2. The SMILES string of the molecule is O=[C]CCC(=O)N1CCNCC1. The monoisotopic (exact) mass is 169 g/mol. The lowest BCUT2D eigenvalue weighted by Gasteiger charge is -2.27. The van der Waals surface area contributed by atoms with Gasteiger partial charge in [0.1, 0.15) is 0 Å². The Morgan fingerprint density at radius 1 is 1.42 bits per heavy atom. The molecule has 1 rings (SSSR count). The van der Waals surface area contributed by atoms with E-state index in [4.69, 9.17) is 0 Å². The minimum absolute atomic E-state index is 0.0693. The van der Waals surface area contributed by atoms with Gasteiger partial charge >= 0.3 is 0 Å². The number of nitrogens with zero attached hydrogens (tertiary/aromatic N) is 1. The molecule has 0 aromatic carbocycles. The second kappa shape index (κ2) is 4.87. The van der Waals surface area contributed by atoms with Crippen molar-refractivity contribution in [2.75, 3.05) is 26.2 Å². The molecule has 1 heterocycles. The van der Waals surface area contributed by atoms with Crippen molar-refractivity contribution in [3.8, 4) is 0 Å². The topological polar surface area (TPSA) is 49.4 Å². The van der Waals surface area contributed by atoms with Gasteiger partial charge in [-0.2, -0.15) is 0 Å². The number of hydrogen-bond donors (Lipinski definition) is 1. The quantitative estimate of drug-likeness (QED) is 0.608. The fourth-order valence-electron chi connectivity index (χ4n) is 1.23. The molecule has 0 aromatic heterocycles. The lowest BCUT2D eigenvalue weighted by molar-refractivity contribution is -0.131. The molecular formula is C8H13N2O2. The number of carbonyl (C=O) groups is 1. The molecule has 4 heteroatoms. The van der Waals surface area contributed by atoms with Crippen molar-refractivity contribution in [2.45, 2.75) is 12.8 Å². The average Bonchev–Trinajstić information content (AvgIpc) is 2.15. The normalized spacial score (nSPS) is 17.5. The summed E-state index contributed by atoms with van der Waals surface area (Å²) in [5.74, 6) is 0.0693. The molecule has 67 valence electrons. The van der Waals surface area contributed by atoms with E-state index in [0.29, 0.717) is 6.42 Å². The van der Waals surface area contributed by atoms with Crippen LogP contribution < -0.4 is 5.32 Å². The molecule has 0 saturated carbocycles. The van der Waals surface area contributed by atoms with Crippen molar-refractivity contribution in [1.82, 2.24) is 10.2 Å². The molecule has 1 radical (unpaired) electrons. The Morgan fingerprint density at radius 3 is 2.67 bits per heavy atom. The summed E-state index contributed by atoms with van der Waals surface area (Å²) >= 11 is 0. The number of carbonyl (C=O) groups excluding carboxylic acids is 2. The molecule has 1 aliphatic heterocycles. The van der Waals surface area contributed by atoms with E-state index >= 15 is 0 Å². The number of piperazine rings is 1. The fourth-order valence-corrected chi connectivity index (χ4v) is 1.23. The van der Waals surface area contributed by atoms with E-state index in [1.54, 1.807) is 11.2 Å². The van der Waals surface area contributed by atoms with Gasteiger partial charge in [-0.05, 0) is 0 Å². The van der Waals surface area contributed by atoms with Crippen LogP contribution in [0.25, 0.3) is 0 Å². The smallest absolute Gasteiger partial charge is 0.223 e. The second-order valence-electron chi connectivity index (χ2n) is 2.78. The Morgan fingerprint density at radius 2 is 2.08 bits per heavy atom. The van der Waals surface area contributed by atoms with Gasteiger partial charge in [-0.1, -0.05) is 0 Å². The van der Waals surface area contributed by atoms with Crippen molar-refractivity contribution in [1.29, 1.82) is 0 Å². The summed E-state index contributed by atoms with van der Waals surface area (Å²) in [6.45, 7) is 3.24. The van der Waals surface area contributed by atoms with Crippen molar-refractivity contribution in [3.05, 3.63) is 0 Å². The first-order valence-electron chi connectivity index (χ1n) is 4.18. The number of hydrogen-bond acceptors (Lipinski definition) is 3. The van der Waals surface area contributed by atoms with Crippen molar-refractivity contribution >= 4 is 12.2 Å². The van der Waals surface area contributed by atoms with E-state index in [9.17, 15) is 9.59 Å². The highest BCUT2D eigenvalue weighted by molar-refractivity contribution is 5.78.